The molecule has 0 fully saturated rings. The molecule has 0 saturated heterocycles. The number of nitrogens with two attached hydrogens (primary N) is 1. The van der Waals surface area contributed by atoms with Gasteiger partial charge in [0.1, 0.15) is 0 Å². The van der Waals surface area contributed by atoms with E-state index in [1.807, 2.05) is 0 Å². The molecule has 4 nitrogen and oxygen atoms in total. The van der Waals surface area contributed by atoms with Gasteiger partial charge in [0.15, 0.2) is 9.84 Å². The van der Waals surface area contributed by atoms with E-state index in [9.17, 15) is 21.6 Å². The van der Waals surface area contributed by atoms with Crippen LogP contribution in [0.1, 0.15) is 5.56 Å². The zero-order chi connectivity index (χ0) is 14.7. The van der Waals surface area contributed by atoms with Crippen molar-refractivity contribution in [3.63, 3.8) is 0 Å². The van der Waals surface area contributed by atoms with Crippen LogP contribution in [0.4, 0.5) is 13.2 Å². The molecule has 0 radical (unpaired) electrons. The van der Waals surface area contributed by atoms with E-state index in [4.69, 9.17) is 5.73 Å². The summed E-state index contributed by atoms with van der Waals surface area (Å²) in [6.07, 6.45) is -4.73. The molecule has 0 aromatic heterocycles. The fraction of sp³-hybridized carbons (Fsp3) is 0.455. The smallest absolute Gasteiger partial charge is 0.383 e. The highest BCUT2D eigenvalue weighted by Crippen LogP contribution is 2.34. The standard InChI is InChI=1S/C11H14F3NO3S/c1-18-6-8(15)7-19(16,17)10-5-3-2-4-9(10)11(12,13)14/h2-5,8H,6-7,15H2,1H3. The van der Waals surface area contributed by atoms with Crippen LogP contribution in [-0.2, 0) is 20.8 Å². The molecule has 1 rings (SSSR count). The van der Waals surface area contributed by atoms with E-state index in [0.29, 0.717) is 0 Å². The van der Waals surface area contributed by atoms with Crippen LogP contribution in [0.2, 0.25) is 0 Å². The zero-order valence-electron chi connectivity index (χ0n) is 10.1. The lowest BCUT2D eigenvalue weighted by atomic mass is 10.2. The molecule has 0 amide bonds. The molecule has 2 N–H and O–H groups in total. The molecule has 1 atom stereocenters. The molecule has 8 heteroatoms. The highest BCUT2D eigenvalue weighted by atomic mass is 32.2. The van der Waals surface area contributed by atoms with Crippen molar-refractivity contribution in [1.29, 1.82) is 0 Å². The summed E-state index contributed by atoms with van der Waals surface area (Å²) in [5.74, 6) is -0.603. The van der Waals surface area contributed by atoms with E-state index >= 15 is 0 Å². The van der Waals surface area contributed by atoms with Crippen LogP contribution in [-0.4, -0.2) is 33.9 Å². The number of ether oxygens (including phenoxy) is 1. The van der Waals surface area contributed by atoms with Crippen molar-refractivity contribution >= 4 is 9.84 Å². The molecule has 0 saturated carbocycles. The first kappa shape index (κ1) is 15.9. The largest absolute Gasteiger partial charge is 0.417 e. The van der Waals surface area contributed by atoms with Crippen molar-refractivity contribution in [2.24, 2.45) is 5.73 Å². The van der Waals surface area contributed by atoms with E-state index in [1.54, 1.807) is 0 Å². The number of halogens is 3. The summed E-state index contributed by atoms with van der Waals surface area (Å²) in [5.41, 5.74) is 4.30. The van der Waals surface area contributed by atoms with Crippen LogP contribution < -0.4 is 5.73 Å². The molecule has 108 valence electrons. The minimum atomic E-state index is -4.73. The van der Waals surface area contributed by atoms with Gasteiger partial charge in [-0.15, -0.1) is 0 Å². The van der Waals surface area contributed by atoms with E-state index in [-0.39, 0.29) is 6.61 Å². The molecular formula is C11H14F3NO3S. The Bertz CT molecular complexity index is 528. The monoisotopic (exact) mass is 297 g/mol. The summed E-state index contributed by atoms with van der Waals surface area (Å²) in [7, 11) is -2.79. The topological polar surface area (TPSA) is 69.4 Å². The highest BCUT2D eigenvalue weighted by Gasteiger charge is 2.37. The van der Waals surface area contributed by atoms with Gasteiger partial charge in [0.25, 0.3) is 0 Å². The first-order chi connectivity index (χ1) is 8.68. The SMILES string of the molecule is COCC(N)CS(=O)(=O)c1ccccc1C(F)(F)F. The van der Waals surface area contributed by atoms with Gasteiger partial charge in [-0.25, -0.2) is 8.42 Å². The summed E-state index contributed by atoms with van der Waals surface area (Å²) in [6, 6.07) is 3.16. The first-order valence-electron chi connectivity index (χ1n) is 5.32. The van der Waals surface area contributed by atoms with Crippen LogP contribution in [0, 0.1) is 0 Å². The fourth-order valence-corrected chi connectivity index (χ4v) is 3.25. The van der Waals surface area contributed by atoms with Crippen LogP contribution in [0.25, 0.3) is 0 Å². The van der Waals surface area contributed by atoms with Crippen molar-refractivity contribution in [2.45, 2.75) is 17.1 Å². The molecule has 0 bridgehead atoms. The molecule has 0 aliphatic heterocycles. The van der Waals surface area contributed by atoms with E-state index in [1.165, 1.54) is 13.2 Å². The first-order valence-corrected chi connectivity index (χ1v) is 6.97. The lowest BCUT2D eigenvalue weighted by molar-refractivity contribution is -0.139. The van der Waals surface area contributed by atoms with Gasteiger partial charge in [0.05, 0.1) is 22.8 Å². The second kappa shape index (κ2) is 5.89. The number of rotatable bonds is 5. The van der Waals surface area contributed by atoms with Crippen LogP contribution in [0.5, 0.6) is 0 Å². The number of benzene rings is 1. The fourth-order valence-electron chi connectivity index (χ4n) is 1.61. The minimum absolute atomic E-state index is 0.0482. The van der Waals surface area contributed by atoms with Gasteiger partial charge in [-0.2, -0.15) is 13.2 Å². The average Bonchev–Trinajstić information content (AvgIpc) is 2.27. The maximum Gasteiger partial charge on any atom is 0.417 e. The molecule has 1 aromatic rings. The summed E-state index contributed by atoms with van der Waals surface area (Å²) >= 11 is 0. The van der Waals surface area contributed by atoms with Gasteiger partial charge in [0.2, 0.25) is 0 Å². The zero-order valence-corrected chi connectivity index (χ0v) is 11.0. The molecule has 0 heterocycles. The van der Waals surface area contributed by atoms with E-state index in [2.05, 4.69) is 4.74 Å². The summed E-state index contributed by atoms with van der Waals surface area (Å²) in [6.45, 7) is -0.0482. The predicted molar refractivity (Wildman–Crippen MR) is 63.3 cm³/mol. The summed E-state index contributed by atoms with van der Waals surface area (Å²) in [4.78, 5) is -0.756. The molecule has 19 heavy (non-hydrogen) atoms. The highest BCUT2D eigenvalue weighted by molar-refractivity contribution is 7.91. The van der Waals surface area contributed by atoms with Crippen molar-refractivity contribution in [1.82, 2.24) is 0 Å². The second-order valence-corrected chi connectivity index (χ2v) is 5.99. The number of methoxy groups -OCH3 is 1. The van der Waals surface area contributed by atoms with Gasteiger partial charge >= 0.3 is 6.18 Å². The summed E-state index contributed by atoms with van der Waals surface area (Å²) in [5, 5.41) is 0. The van der Waals surface area contributed by atoms with Crippen molar-refractivity contribution in [3.05, 3.63) is 29.8 Å². The Morgan fingerprint density at radius 2 is 1.89 bits per heavy atom. The van der Waals surface area contributed by atoms with Crippen LogP contribution in [0.15, 0.2) is 29.2 Å². The molecular weight excluding hydrogens is 283 g/mol. The lowest BCUT2D eigenvalue weighted by Crippen LogP contribution is -2.34. The molecule has 1 unspecified atom stereocenters. The van der Waals surface area contributed by atoms with Gasteiger partial charge in [-0.3, -0.25) is 0 Å². The number of hydrogen-bond acceptors (Lipinski definition) is 4. The van der Waals surface area contributed by atoms with E-state index in [0.717, 1.165) is 18.2 Å². The minimum Gasteiger partial charge on any atom is -0.383 e. The Balaban J connectivity index is 3.16. The molecule has 0 aliphatic rings. The maximum absolute atomic E-state index is 12.7. The second-order valence-electron chi connectivity index (χ2n) is 3.99. The molecule has 0 aliphatic carbocycles. The van der Waals surface area contributed by atoms with Crippen molar-refractivity contribution in [3.8, 4) is 0 Å². The molecule has 0 spiro atoms. The average molecular weight is 297 g/mol. The number of hydrogen-bond donors (Lipinski definition) is 1. The van der Waals surface area contributed by atoms with Crippen molar-refractivity contribution < 1.29 is 26.3 Å². The Hall–Kier alpha value is -1.12. The Kier molecular flexibility index (Phi) is 4.94. The van der Waals surface area contributed by atoms with Gasteiger partial charge in [-0.05, 0) is 12.1 Å². The third-order valence-electron chi connectivity index (χ3n) is 2.34. The lowest BCUT2D eigenvalue weighted by Gasteiger charge is -2.15. The van der Waals surface area contributed by atoms with Gasteiger partial charge < -0.3 is 10.5 Å². The molecule has 1 aromatic carbocycles. The van der Waals surface area contributed by atoms with Gasteiger partial charge in [-0.1, -0.05) is 12.1 Å². The van der Waals surface area contributed by atoms with E-state index < -0.39 is 38.3 Å². The number of sulfone groups is 1. The van der Waals surface area contributed by atoms with Gasteiger partial charge in [0, 0.05) is 13.2 Å². The third-order valence-corrected chi connectivity index (χ3v) is 4.23. The van der Waals surface area contributed by atoms with Crippen LogP contribution in [0.3, 0.4) is 0 Å². The summed E-state index contributed by atoms with van der Waals surface area (Å²) < 4.78 is 66.8. The normalized spacial score (nSPS) is 14.4. The maximum atomic E-state index is 12.7. The Morgan fingerprint density at radius 3 is 2.42 bits per heavy atom. The van der Waals surface area contributed by atoms with Crippen molar-refractivity contribution in [2.75, 3.05) is 19.5 Å². The Labute approximate surface area is 109 Å². The quantitative estimate of drug-likeness (QED) is 0.893. The Morgan fingerprint density at radius 1 is 1.32 bits per heavy atom. The van der Waals surface area contributed by atoms with Crippen LogP contribution >= 0.6 is 0 Å². The number of alkyl halides is 3. The third kappa shape index (κ3) is 4.19. The predicted octanol–water partition coefficient (Wildman–Crippen LogP) is 1.45.